The third kappa shape index (κ3) is 3.91. The molecule has 5 heteroatoms. The Labute approximate surface area is 202 Å². The molecule has 3 aromatic rings. The first kappa shape index (κ1) is 22.7. The highest BCUT2D eigenvalue weighted by Crippen LogP contribution is 2.37. The number of nitrogens with one attached hydrogen (secondary N) is 1. The van der Waals surface area contributed by atoms with Gasteiger partial charge in [-0.05, 0) is 57.4 Å². The van der Waals surface area contributed by atoms with Crippen molar-refractivity contribution in [3.63, 3.8) is 0 Å². The molecule has 1 aliphatic heterocycles. The average molecular weight is 458 g/mol. The topological polar surface area (TPSA) is 54.3 Å². The molecule has 2 heterocycles. The summed E-state index contributed by atoms with van der Waals surface area (Å²) in [6, 6.07) is 16.3. The molecule has 178 valence electrons. The number of aromatic nitrogens is 1. The molecule has 1 aliphatic carbocycles. The van der Waals surface area contributed by atoms with Gasteiger partial charge in [-0.1, -0.05) is 68.0 Å². The number of aryl methyl sites for hydroxylation is 2. The summed E-state index contributed by atoms with van der Waals surface area (Å²) in [6.07, 6.45) is 8.07. The maximum absolute atomic E-state index is 14.1. The van der Waals surface area contributed by atoms with Gasteiger partial charge in [-0.15, -0.1) is 0 Å². The van der Waals surface area contributed by atoms with Crippen molar-refractivity contribution in [1.29, 1.82) is 0 Å². The van der Waals surface area contributed by atoms with E-state index in [1.165, 1.54) is 19.3 Å². The van der Waals surface area contributed by atoms with Crippen molar-refractivity contribution in [3.05, 3.63) is 65.4 Å². The molecular weight excluding hydrogens is 422 g/mol. The number of hydrogen-bond donors (Lipinski definition) is 1. The van der Waals surface area contributed by atoms with E-state index in [0.29, 0.717) is 12.2 Å². The van der Waals surface area contributed by atoms with Crippen LogP contribution in [0.3, 0.4) is 0 Å². The van der Waals surface area contributed by atoms with Crippen LogP contribution in [0.25, 0.3) is 10.9 Å². The average Bonchev–Trinajstić information content (AvgIpc) is 3.15. The van der Waals surface area contributed by atoms with Crippen LogP contribution in [0.15, 0.2) is 48.5 Å². The van der Waals surface area contributed by atoms with Gasteiger partial charge in [0.25, 0.3) is 5.91 Å². The Bertz CT molecular complexity index is 1240. The SMILES string of the molecule is Cc1ccc(N2C(=O)c3cc4ccccc4n3C[C@]2(C)C(=O)NC2CCCCCCC2)c(C)c1. The molecular formula is C29H35N3O2. The van der Waals surface area contributed by atoms with Gasteiger partial charge in [0.1, 0.15) is 11.2 Å². The van der Waals surface area contributed by atoms with Crippen molar-refractivity contribution in [1.82, 2.24) is 9.88 Å². The van der Waals surface area contributed by atoms with E-state index in [-0.39, 0.29) is 17.9 Å². The molecule has 34 heavy (non-hydrogen) atoms. The highest BCUT2D eigenvalue weighted by molar-refractivity contribution is 6.14. The van der Waals surface area contributed by atoms with E-state index < -0.39 is 5.54 Å². The fraction of sp³-hybridized carbons (Fsp3) is 0.448. The third-order valence-corrected chi connectivity index (χ3v) is 7.72. The molecule has 2 amide bonds. The van der Waals surface area contributed by atoms with Gasteiger partial charge in [-0.2, -0.15) is 0 Å². The lowest BCUT2D eigenvalue weighted by Crippen LogP contribution is -2.65. The summed E-state index contributed by atoms with van der Waals surface area (Å²) in [5, 5.41) is 4.40. The van der Waals surface area contributed by atoms with E-state index in [0.717, 1.165) is 53.4 Å². The number of hydrogen-bond acceptors (Lipinski definition) is 2. The maximum Gasteiger partial charge on any atom is 0.275 e. The van der Waals surface area contributed by atoms with Crippen molar-refractivity contribution < 1.29 is 9.59 Å². The number of benzene rings is 2. The predicted octanol–water partition coefficient (Wildman–Crippen LogP) is 5.91. The van der Waals surface area contributed by atoms with Crippen LogP contribution in [0.1, 0.15) is 73.5 Å². The lowest BCUT2D eigenvalue weighted by atomic mass is 9.91. The summed E-state index contributed by atoms with van der Waals surface area (Å²) in [4.78, 5) is 29.9. The molecule has 0 radical (unpaired) electrons. The second-order valence-electron chi connectivity index (χ2n) is 10.4. The number of fused-ring (bicyclic) bond motifs is 3. The van der Waals surface area contributed by atoms with E-state index in [9.17, 15) is 9.59 Å². The van der Waals surface area contributed by atoms with Gasteiger partial charge in [0, 0.05) is 22.6 Å². The zero-order chi connectivity index (χ0) is 23.9. The van der Waals surface area contributed by atoms with Crippen LogP contribution in [-0.2, 0) is 11.3 Å². The van der Waals surface area contributed by atoms with Crippen LogP contribution in [0.2, 0.25) is 0 Å². The molecule has 1 N–H and O–H groups in total. The van der Waals surface area contributed by atoms with Gasteiger partial charge in [0.05, 0.1) is 6.54 Å². The Kier molecular flexibility index (Phi) is 5.97. The summed E-state index contributed by atoms with van der Waals surface area (Å²) in [5.74, 6) is -0.181. The van der Waals surface area contributed by atoms with Crippen molar-refractivity contribution in [2.75, 3.05) is 4.90 Å². The largest absolute Gasteiger partial charge is 0.351 e. The molecule has 1 aromatic heterocycles. The van der Waals surface area contributed by atoms with Gasteiger partial charge < -0.3 is 9.88 Å². The Morgan fingerprint density at radius 3 is 2.41 bits per heavy atom. The maximum atomic E-state index is 14.1. The van der Waals surface area contributed by atoms with Crippen LogP contribution in [0.5, 0.6) is 0 Å². The standard InChI is InChI=1S/C29H35N3O2/c1-20-15-16-24(21(2)17-20)32-27(33)26-18-22-11-9-10-14-25(22)31(26)19-29(32,3)28(34)30-23-12-7-5-4-6-8-13-23/h9-11,14-18,23H,4-8,12-13,19H2,1-3H3,(H,30,34)/t29-/m1/s1. The summed E-state index contributed by atoms with van der Waals surface area (Å²) < 4.78 is 2.04. The zero-order valence-electron chi connectivity index (χ0n) is 20.6. The number of anilines is 1. The first-order valence-corrected chi connectivity index (χ1v) is 12.7. The minimum Gasteiger partial charge on any atom is -0.351 e. The minimum atomic E-state index is -1.03. The van der Waals surface area contributed by atoms with Crippen LogP contribution >= 0.6 is 0 Å². The zero-order valence-corrected chi connectivity index (χ0v) is 20.6. The van der Waals surface area contributed by atoms with E-state index in [1.807, 2.05) is 67.8 Å². The van der Waals surface area contributed by atoms with E-state index >= 15 is 0 Å². The van der Waals surface area contributed by atoms with Crippen molar-refractivity contribution in [2.45, 2.75) is 83.8 Å². The summed E-state index contributed by atoms with van der Waals surface area (Å²) in [5.41, 5.74) is 3.55. The smallest absolute Gasteiger partial charge is 0.275 e. The summed E-state index contributed by atoms with van der Waals surface area (Å²) in [6.45, 7) is 6.42. The third-order valence-electron chi connectivity index (χ3n) is 7.72. The second-order valence-corrected chi connectivity index (χ2v) is 10.4. The Hall–Kier alpha value is -3.08. The van der Waals surface area contributed by atoms with Crippen LogP contribution in [0, 0.1) is 13.8 Å². The Balaban J connectivity index is 1.59. The fourth-order valence-corrected chi connectivity index (χ4v) is 5.82. The normalized spacial score (nSPS) is 21.7. The quantitative estimate of drug-likeness (QED) is 0.532. The highest BCUT2D eigenvalue weighted by Gasteiger charge is 2.49. The molecule has 1 atom stereocenters. The summed E-state index contributed by atoms with van der Waals surface area (Å²) >= 11 is 0. The summed E-state index contributed by atoms with van der Waals surface area (Å²) in [7, 11) is 0. The van der Waals surface area contributed by atoms with Gasteiger partial charge in [-0.3, -0.25) is 14.5 Å². The van der Waals surface area contributed by atoms with Gasteiger partial charge in [0.15, 0.2) is 0 Å². The van der Waals surface area contributed by atoms with E-state index in [1.54, 1.807) is 4.90 Å². The molecule has 5 rings (SSSR count). The molecule has 0 bridgehead atoms. The van der Waals surface area contributed by atoms with Crippen molar-refractivity contribution >= 4 is 28.4 Å². The van der Waals surface area contributed by atoms with Crippen molar-refractivity contribution in [2.24, 2.45) is 0 Å². The number of rotatable bonds is 3. The van der Waals surface area contributed by atoms with E-state index in [4.69, 9.17) is 0 Å². The molecule has 1 fully saturated rings. The van der Waals surface area contributed by atoms with Crippen LogP contribution < -0.4 is 10.2 Å². The highest BCUT2D eigenvalue weighted by atomic mass is 16.2. The van der Waals surface area contributed by atoms with Gasteiger partial charge >= 0.3 is 0 Å². The predicted molar refractivity (Wildman–Crippen MR) is 137 cm³/mol. The minimum absolute atomic E-state index is 0.0603. The first-order valence-electron chi connectivity index (χ1n) is 12.7. The first-order chi connectivity index (χ1) is 16.4. The molecule has 2 aliphatic rings. The van der Waals surface area contributed by atoms with E-state index in [2.05, 4.69) is 11.4 Å². The lowest BCUT2D eigenvalue weighted by Gasteiger charge is -2.45. The van der Waals surface area contributed by atoms with Gasteiger partial charge in [-0.25, -0.2) is 0 Å². The number of amides is 2. The second kappa shape index (κ2) is 8.94. The molecule has 1 saturated carbocycles. The number of carbonyl (C=O) groups excluding carboxylic acids is 2. The fourth-order valence-electron chi connectivity index (χ4n) is 5.82. The van der Waals surface area contributed by atoms with Crippen LogP contribution in [-0.4, -0.2) is 28.0 Å². The molecule has 0 spiro atoms. The van der Waals surface area contributed by atoms with Crippen molar-refractivity contribution in [3.8, 4) is 0 Å². The number of carbonyl (C=O) groups is 2. The van der Waals surface area contributed by atoms with Crippen LogP contribution in [0.4, 0.5) is 5.69 Å². The number of nitrogens with zero attached hydrogens (tertiary/aromatic N) is 2. The monoisotopic (exact) mass is 457 g/mol. The Morgan fingerprint density at radius 2 is 1.68 bits per heavy atom. The molecule has 5 nitrogen and oxygen atoms in total. The molecule has 0 saturated heterocycles. The number of para-hydroxylation sites is 1. The molecule has 0 unspecified atom stereocenters. The lowest BCUT2D eigenvalue weighted by molar-refractivity contribution is -0.127. The molecule has 2 aromatic carbocycles. The van der Waals surface area contributed by atoms with Gasteiger partial charge in [0.2, 0.25) is 5.91 Å². The Morgan fingerprint density at radius 1 is 0.971 bits per heavy atom.